The molecule has 0 saturated carbocycles. The maximum atomic E-state index is 13.4. The van der Waals surface area contributed by atoms with Gasteiger partial charge in [0.1, 0.15) is 11.9 Å². The second-order valence-corrected chi connectivity index (χ2v) is 8.79. The first kappa shape index (κ1) is 22.1. The highest BCUT2D eigenvalue weighted by atomic mass is 16.6. The molecular weight excluding hydrogens is 384 g/mol. The van der Waals surface area contributed by atoms with Crippen molar-refractivity contribution in [3.8, 4) is 0 Å². The quantitative estimate of drug-likeness (QED) is 0.529. The van der Waals surface area contributed by atoms with Gasteiger partial charge in [0.2, 0.25) is 0 Å². The summed E-state index contributed by atoms with van der Waals surface area (Å²) in [5.74, 6) is -0.583. The number of ketones is 1. The Balaban J connectivity index is 2.24. The van der Waals surface area contributed by atoms with Gasteiger partial charge < -0.3 is 13.9 Å². The van der Waals surface area contributed by atoms with Crippen LogP contribution < -0.4 is 0 Å². The van der Waals surface area contributed by atoms with E-state index >= 15 is 0 Å². The van der Waals surface area contributed by atoms with Gasteiger partial charge in [0.25, 0.3) is 0 Å². The van der Waals surface area contributed by atoms with Crippen LogP contribution in [0.15, 0.2) is 27.9 Å². The lowest BCUT2D eigenvalue weighted by atomic mass is 9.59. The zero-order valence-corrected chi connectivity index (χ0v) is 18.5. The van der Waals surface area contributed by atoms with Crippen LogP contribution in [0.4, 0.5) is 0 Å². The first-order valence-electron chi connectivity index (χ1n) is 10.3. The lowest BCUT2D eigenvalue weighted by molar-refractivity contribution is -0.182. The topological polar surface area (TPSA) is 82.8 Å². The third kappa shape index (κ3) is 4.00. The van der Waals surface area contributed by atoms with E-state index in [1.54, 1.807) is 6.26 Å². The van der Waals surface area contributed by atoms with Gasteiger partial charge in [-0.25, -0.2) is 0 Å². The van der Waals surface area contributed by atoms with Crippen LogP contribution in [0, 0.1) is 18.3 Å². The van der Waals surface area contributed by atoms with E-state index in [2.05, 4.69) is 6.08 Å². The molecule has 162 valence electrons. The van der Waals surface area contributed by atoms with Gasteiger partial charge in [-0.3, -0.25) is 14.4 Å². The molecular formula is C24H30O6. The molecule has 6 heteroatoms. The van der Waals surface area contributed by atoms with Gasteiger partial charge in [-0.15, -0.1) is 0 Å². The summed E-state index contributed by atoms with van der Waals surface area (Å²) >= 11 is 0. The summed E-state index contributed by atoms with van der Waals surface area (Å²) in [7, 11) is 0. The van der Waals surface area contributed by atoms with E-state index < -0.39 is 29.6 Å². The number of esters is 2. The molecule has 4 atom stereocenters. The molecule has 2 aliphatic rings. The molecule has 0 amide bonds. The monoisotopic (exact) mass is 414 g/mol. The first-order valence-corrected chi connectivity index (χ1v) is 10.3. The summed E-state index contributed by atoms with van der Waals surface area (Å²) < 4.78 is 17.1. The van der Waals surface area contributed by atoms with Gasteiger partial charge >= 0.3 is 11.9 Å². The number of hydrogen-bond donors (Lipinski definition) is 0. The van der Waals surface area contributed by atoms with Crippen molar-refractivity contribution in [1.82, 2.24) is 0 Å². The predicted molar refractivity (Wildman–Crippen MR) is 112 cm³/mol. The fraction of sp³-hybridized carbons (Fsp3) is 0.542. The van der Waals surface area contributed by atoms with Crippen molar-refractivity contribution in [2.24, 2.45) is 11.3 Å². The lowest BCUT2D eigenvalue weighted by Gasteiger charge is -2.49. The van der Waals surface area contributed by atoms with Crippen LogP contribution in [-0.4, -0.2) is 29.9 Å². The number of furan rings is 1. The Morgan fingerprint density at radius 1 is 1.13 bits per heavy atom. The van der Waals surface area contributed by atoms with E-state index in [4.69, 9.17) is 13.9 Å². The zero-order chi connectivity index (χ0) is 22.2. The van der Waals surface area contributed by atoms with E-state index in [9.17, 15) is 14.4 Å². The number of ether oxygens (including phenoxy) is 2. The molecule has 0 spiro atoms. The van der Waals surface area contributed by atoms with E-state index in [0.717, 1.165) is 28.0 Å². The molecule has 0 N–H and O–H groups in total. The highest BCUT2D eigenvalue weighted by Crippen LogP contribution is 2.50. The average molecular weight is 414 g/mol. The zero-order valence-electron chi connectivity index (χ0n) is 18.5. The summed E-state index contributed by atoms with van der Waals surface area (Å²) in [5, 5.41) is 0. The molecule has 1 heterocycles. The highest BCUT2D eigenvalue weighted by molar-refractivity contribution is 5.89. The molecule has 0 aromatic carbocycles. The van der Waals surface area contributed by atoms with E-state index in [1.807, 2.05) is 33.8 Å². The molecule has 0 aliphatic heterocycles. The normalized spacial score (nSPS) is 29.1. The number of rotatable bonds is 2. The molecule has 0 radical (unpaired) electrons. The number of allylic oxidation sites excluding steroid dienone is 2. The van der Waals surface area contributed by atoms with Crippen molar-refractivity contribution >= 4 is 23.8 Å². The molecule has 30 heavy (non-hydrogen) atoms. The smallest absolute Gasteiger partial charge is 0.303 e. The molecule has 1 aromatic rings. The molecule has 0 saturated heterocycles. The molecule has 0 unspecified atom stereocenters. The van der Waals surface area contributed by atoms with E-state index in [1.165, 1.54) is 13.8 Å². The van der Waals surface area contributed by atoms with Gasteiger partial charge in [-0.1, -0.05) is 24.1 Å². The van der Waals surface area contributed by atoms with Crippen LogP contribution in [-0.2, 0) is 30.3 Å². The van der Waals surface area contributed by atoms with Crippen molar-refractivity contribution in [2.75, 3.05) is 0 Å². The van der Waals surface area contributed by atoms with Crippen molar-refractivity contribution < 1.29 is 28.3 Å². The molecule has 3 rings (SSSR count). The van der Waals surface area contributed by atoms with Gasteiger partial charge in [0.05, 0.1) is 11.7 Å². The van der Waals surface area contributed by atoms with Crippen LogP contribution in [0.2, 0.25) is 0 Å². The Hall–Kier alpha value is -2.63. The highest BCUT2D eigenvalue weighted by Gasteiger charge is 2.55. The number of hydrogen-bond acceptors (Lipinski definition) is 6. The Labute approximate surface area is 177 Å². The van der Waals surface area contributed by atoms with E-state index in [-0.39, 0.29) is 18.1 Å². The Morgan fingerprint density at radius 2 is 1.80 bits per heavy atom. The largest absolute Gasteiger partial charge is 0.464 e. The third-order valence-corrected chi connectivity index (χ3v) is 6.47. The van der Waals surface area contributed by atoms with Crippen LogP contribution in [0.25, 0.3) is 6.08 Å². The van der Waals surface area contributed by atoms with Crippen molar-refractivity contribution in [1.29, 1.82) is 0 Å². The number of fused-ring (bicyclic) bond motifs is 2. The number of Topliss-reactive ketones (excluding diaryl/α,β-unsaturated/α-hetero) is 1. The van der Waals surface area contributed by atoms with Gasteiger partial charge in [-0.2, -0.15) is 0 Å². The standard InChI is InChI=1S/C24H30O6/c1-13-9-20(27)23(30-17(5)26)24(6)19(11-18-15(3)12-28-21(18)10-13)14(2)7-8-22(24)29-16(4)25/h7,10,12,19,22-23H,8-9,11H2,1-6H3/t19-,22-,23-,24+/m0/s1. The van der Waals surface area contributed by atoms with Crippen LogP contribution in [0.5, 0.6) is 0 Å². The van der Waals surface area contributed by atoms with Gasteiger partial charge in [0, 0.05) is 32.3 Å². The summed E-state index contributed by atoms with van der Waals surface area (Å²) in [5.41, 5.74) is 3.07. The molecule has 6 nitrogen and oxygen atoms in total. The second kappa shape index (κ2) is 8.25. The van der Waals surface area contributed by atoms with E-state index in [0.29, 0.717) is 12.8 Å². The fourth-order valence-corrected chi connectivity index (χ4v) is 4.94. The van der Waals surface area contributed by atoms with Gasteiger partial charge in [0.15, 0.2) is 11.9 Å². The first-order chi connectivity index (χ1) is 14.0. The number of aryl methyl sites for hydroxylation is 1. The average Bonchev–Trinajstić information content (AvgIpc) is 2.97. The van der Waals surface area contributed by atoms with Crippen LogP contribution >= 0.6 is 0 Å². The number of carbonyl (C=O) groups is 3. The molecule has 2 aliphatic carbocycles. The summed E-state index contributed by atoms with van der Waals surface area (Å²) in [6.45, 7) is 10.4. The van der Waals surface area contributed by atoms with Crippen LogP contribution in [0.3, 0.4) is 0 Å². The molecule has 0 fully saturated rings. The SMILES string of the molecule is CC(=O)O[C@H]1CC=C(C)[C@@H]2Cc3c(C)coc3C=C(C)CC(=O)[C@H](OC(C)=O)[C@@]12C. The summed E-state index contributed by atoms with van der Waals surface area (Å²) in [4.78, 5) is 37.3. The predicted octanol–water partition coefficient (Wildman–Crippen LogP) is 4.34. The minimum atomic E-state index is -1.02. The Bertz CT molecular complexity index is 933. The minimum absolute atomic E-state index is 0.120. The van der Waals surface area contributed by atoms with Crippen LogP contribution in [0.1, 0.15) is 64.3 Å². The van der Waals surface area contributed by atoms with Gasteiger partial charge in [-0.05, 0) is 44.7 Å². The summed E-state index contributed by atoms with van der Waals surface area (Å²) in [6, 6.07) is 0. The molecule has 1 aromatic heterocycles. The lowest BCUT2D eigenvalue weighted by Crippen LogP contribution is -2.57. The fourth-order valence-electron chi connectivity index (χ4n) is 4.94. The Morgan fingerprint density at radius 3 is 2.43 bits per heavy atom. The Kier molecular flexibility index (Phi) is 6.06. The van der Waals surface area contributed by atoms with Crippen molar-refractivity contribution in [3.05, 3.63) is 40.4 Å². The summed E-state index contributed by atoms with van der Waals surface area (Å²) in [6.07, 6.45) is 5.23. The minimum Gasteiger partial charge on any atom is -0.464 e. The number of carbonyl (C=O) groups excluding carboxylic acids is 3. The molecule has 0 bridgehead atoms. The van der Waals surface area contributed by atoms with Crippen molar-refractivity contribution in [2.45, 2.75) is 73.0 Å². The van der Waals surface area contributed by atoms with Crippen molar-refractivity contribution in [3.63, 3.8) is 0 Å². The third-order valence-electron chi connectivity index (χ3n) is 6.47. The maximum Gasteiger partial charge on any atom is 0.303 e. The second-order valence-electron chi connectivity index (χ2n) is 8.79. The maximum absolute atomic E-state index is 13.4.